The van der Waals surface area contributed by atoms with E-state index in [0.29, 0.717) is 18.5 Å². The van der Waals surface area contributed by atoms with Crippen LogP contribution in [0.2, 0.25) is 0 Å². The molecule has 0 unspecified atom stereocenters. The molecule has 26 heavy (non-hydrogen) atoms. The van der Waals surface area contributed by atoms with Gasteiger partial charge >= 0.3 is 0 Å². The number of anilines is 2. The van der Waals surface area contributed by atoms with Gasteiger partial charge in [0.25, 0.3) is 0 Å². The van der Waals surface area contributed by atoms with Gasteiger partial charge in [-0.3, -0.25) is 0 Å². The van der Waals surface area contributed by atoms with Gasteiger partial charge in [-0.25, -0.2) is 4.98 Å². The summed E-state index contributed by atoms with van der Waals surface area (Å²) in [6.07, 6.45) is 2.37. The molecule has 1 heterocycles. The van der Waals surface area contributed by atoms with Crippen LogP contribution in [-0.4, -0.2) is 23.1 Å². The Morgan fingerprint density at radius 1 is 1.00 bits per heavy atom. The molecule has 0 saturated heterocycles. The first-order valence-electron chi connectivity index (χ1n) is 8.88. The van der Waals surface area contributed by atoms with Crippen LogP contribution in [0.3, 0.4) is 0 Å². The molecule has 5 heteroatoms. The molecule has 3 aromatic rings. The lowest BCUT2D eigenvalue weighted by Crippen LogP contribution is -2.09. The Bertz CT molecular complexity index is 878. The second-order valence-corrected chi connectivity index (χ2v) is 6.41. The van der Waals surface area contributed by atoms with E-state index in [1.807, 2.05) is 42.5 Å². The van der Waals surface area contributed by atoms with Crippen molar-refractivity contribution in [3.63, 3.8) is 0 Å². The fourth-order valence-electron chi connectivity index (χ4n) is 2.80. The highest BCUT2D eigenvalue weighted by molar-refractivity contribution is 5.64. The number of aromatic nitrogens is 2. The molecular weight excluding hydrogens is 324 g/mol. The third-order valence-electron chi connectivity index (χ3n) is 4.36. The molecule has 2 aromatic carbocycles. The van der Waals surface area contributed by atoms with E-state index in [2.05, 4.69) is 38.8 Å². The second kappa shape index (κ2) is 7.44. The molecule has 0 spiro atoms. The minimum atomic E-state index is 0.503. The number of benzene rings is 2. The van der Waals surface area contributed by atoms with E-state index in [4.69, 9.17) is 4.74 Å². The molecule has 0 atom stereocenters. The number of rotatable bonds is 7. The maximum Gasteiger partial charge on any atom is 0.225 e. The summed E-state index contributed by atoms with van der Waals surface area (Å²) in [7, 11) is 1.69. The third-order valence-corrected chi connectivity index (χ3v) is 4.36. The number of methoxy groups -OCH3 is 1. The number of nitrogens with zero attached hydrogens (tertiary/aromatic N) is 2. The van der Waals surface area contributed by atoms with Crippen LogP contribution in [-0.2, 0) is 6.54 Å². The SMILES string of the molecule is COc1ccccc1CNc1cc(-c2ccccc2)nc(NC2CC2)n1. The first-order chi connectivity index (χ1) is 12.8. The first kappa shape index (κ1) is 16.4. The largest absolute Gasteiger partial charge is 0.496 e. The van der Waals surface area contributed by atoms with Gasteiger partial charge in [0.2, 0.25) is 5.95 Å². The highest BCUT2D eigenvalue weighted by Gasteiger charge is 2.22. The van der Waals surface area contributed by atoms with Crippen molar-refractivity contribution < 1.29 is 4.74 Å². The van der Waals surface area contributed by atoms with E-state index in [1.165, 1.54) is 12.8 Å². The summed E-state index contributed by atoms with van der Waals surface area (Å²) in [5, 5.41) is 6.81. The van der Waals surface area contributed by atoms with Gasteiger partial charge in [-0.15, -0.1) is 0 Å². The summed E-state index contributed by atoms with van der Waals surface area (Å²) in [5.41, 5.74) is 3.08. The summed E-state index contributed by atoms with van der Waals surface area (Å²) in [5.74, 6) is 2.35. The molecule has 1 fully saturated rings. The Hall–Kier alpha value is -3.08. The van der Waals surface area contributed by atoms with Crippen LogP contribution >= 0.6 is 0 Å². The Kier molecular flexibility index (Phi) is 4.69. The average molecular weight is 346 g/mol. The van der Waals surface area contributed by atoms with Crippen LogP contribution in [0, 0.1) is 0 Å². The predicted molar refractivity (Wildman–Crippen MR) is 104 cm³/mol. The zero-order chi connectivity index (χ0) is 17.8. The lowest BCUT2D eigenvalue weighted by atomic mass is 10.1. The van der Waals surface area contributed by atoms with Gasteiger partial charge in [-0.1, -0.05) is 48.5 Å². The van der Waals surface area contributed by atoms with Crippen molar-refractivity contribution in [1.29, 1.82) is 0 Å². The van der Waals surface area contributed by atoms with E-state index in [9.17, 15) is 0 Å². The highest BCUT2D eigenvalue weighted by atomic mass is 16.5. The molecule has 132 valence electrons. The molecule has 1 aromatic heterocycles. The molecular formula is C21H22N4O. The van der Waals surface area contributed by atoms with Crippen molar-refractivity contribution in [1.82, 2.24) is 9.97 Å². The van der Waals surface area contributed by atoms with Crippen molar-refractivity contribution >= 4 is 11.8 Å². The van der Waals surface area contributed by atoms with Crippen molar-refractivity contribution in [2.45, 2.75) is 25.4 Å². The highest BCUT2D eigenvalue weighted by Crippen LogP contribution is 2.27. The lowest BCUT2D eigenvalue weighted by Gasteiger charge is -2.13. The number of hydrogen-bond acceptors (Lipinski definition) is 5. The number of ether oxygens (including phenoxy) is 1. The molecule has 0 bridgehead atoms. The summed E-state index contributed by atoms with van der Waals surface area (Å²) in [6, 6.07) is 20.7. The molecule has 5 nitrogen and oxygen atoms in total. The fourth-order valence-corrected chi connectivity index (χ4v) is 2.80. The second-order valence-electron chi connectivity index (χ2n) is 6.41. The average Bonchev–Trinajstić information content (AvgIpc) is 3.51. The molecule has 0 aliphatic heterocycles. The minimum absolute atomic E-state index is 0.503. The van der Waals surface area contributed by atoms with Crippen LogP contribution in [0.5, 0.6) is 5.75 Å². The van der Waals surface area contributed by atoms with Gasteiger partial charge in [0.15, 0.2) is 0 Å². The summed E-state index contributed by atoms with van der Waals surface area (Å²) >= 11 is 0. The minimum Gasteiger partial charge on any atom is -0.496 e. The molecule has 1 aliphatic rings. The van der Waals surface area contributed by atoms with Gasteiger partial charge in [0.1, 0.15) is 11.6 Å². The molecule has 0 amide bonds. The van der Waals surface area contributed by atoms with Crippen LogP contribution in [0.15, 0.2) is 60.7 Å². The maximum absolute atomic E-state index is 5.43. The Morgan fingerprint density at radius 2 is 1.77 bits per heavy atom. The quantitative estimate of drug-likeness (QED) is 0.666. The van der Waals surface area contributed by atoms with Crippen molar-refractivity contribution in [3.05, 3.63) is 66.2 Å². The van der Waals surface area contributed by atoms with Crippen LogP contribution in [0.1, 0.15) is 18.4 Å². The molecule has 2 N–H and O–H groups in total. The van der Waals surface area contributed by atoms with E-state index in [0.717, 1.165) is 28.4 Å². The summed E-state index contributed by atoms with van der Waals surface area (Å²) in [4.78, 5) is 9.32. The number of nitrogens with one attached hydrogen (secondary N) is 2. The normalized spacial score (nSPS) is 13.3. The lowest BCUT2D eigenvalue weighted by molar-refractivity contribution is 0.410. The standard InChI is InChI=1S/C21H22N4O/c1-26-19-10-6-5-9-16(19)14-22-20-13-18(15-7-3-2-4-8-15)24-21(25-20)23-17-11-12-17/h2-10,13,17H,11-12,14H2,1H3,(H2,22,23,24,25). The number of para-hydroxylation sites is 1. The monoisotopic (exact) mass is 346 g/mol. The van der Waals surface area contributed by atoms with Gasteiger partial charge in [0, 0.05) is 29.8 Å². The zero-order valence-corrected chi connectivity index (χ0v) is 14.8. The summed E-state index contributed by atoms with van der Waals surface area (Å²) in [6.45, 7) is 0.637. The Morgan fingerprint density at radius 3 is 2.54 bits per heavy atom. The van der Waals surface area contributed by atoms with Crippen LogP contribution in [0.4, 0.5) is 11.8 Å². The number of hydrogen-bond donors (Lipinski definition) is 2. The van der Waals surface area contributed by atoms with E-state index in [1.54, 1.807) is 7.11 Å². The topological polar surface area (TPSA) is 59.1 Å². The fraction of sp³-hybridized carbons (Fsp3) is 0.238. The maximum atomic E-state index is 5.43. The molecule has 0 radical (unpaired) electrons. The van der Waals surface area contributed by atoms with Crippen molar-refractivity contribution in [2.24, 2.45) is 0 Å². The smallest absolute Gasteiger partial charge is 0.225 e. The summed E-state index contributed by atoms with van der Waals surface area (Å²) < 4.78 is 5.43. The van der Waals surface area contributed by atoms with Crippen LogP contribution < -0.4 is 15.4 Å². The third kappa shape index (κ3) is 3.94. The van der Waals surface area contributed by atoms with Crippen LogP contribution in [0.25, 0.3) is 11.3 Å². The van der Waals surface area contributed by atoms with Gasteiger partial charge in [0.05, 0.1) is 12.8 Å². The zero-order valence-electron chi connectivity index (χ0n) is 14.8. The Labute approximate surface area is 153 Å². The van der Waals surface area contributed by atoms with Gasteiger partial charge in [-0.05, 0) is 18.9 Å². The van der Waals surface area contributed by atoms with E-state index >= 15 is 0 Å². The molecule has 4 rings (SSSR count). The van der Waals surface area contributed by atoms with Gasteiger partial charge < -0.3 is 15.4 Å². The molecule has 1 aliphatic carbocycles. The van der Waals surface area contributed by atoms with Gasteiger partial charge in [-0.2, -0.15) is 4.98 Å². The van der Waals surface area contributed by atoms with Crippen molar-refractivity contribution in [2.75, 3.05) is 17.7 Å². The van der Waals surface area contributed by atoms with E-state index < -0.39 is 0 Å². The molecule has 1 saturated carbocycles. The Balaban J connectivity index is 1.59. The first-order valence-corrected chi connectivity index (χ1v) is 8.88. The van der Waals surface area contributed by atoms with E-state index in [-0.39, 0.29) is 0 Å². The predicted octanol–water partition coefficient (Wildman–Crippen LogP) is 4.34. The van der Waals surface area contributed by atoms with Crippen molar-refractivity contribution in [3.8, 4) is 17.0 Å².